The minimum atomic E-state index is -0.263. The van der Waals surface area contributed by atoms with Gasteiger partial charge in [0.25, 0.3) is 5.56 Å². The Kier molecular flexibility index (Phi) is 4.81. The van der Waals surface area contributed by atoms with Gasteiger partial charge in [0.05, 0.1) is 0 Å². The fourth-order valence-electron chi connectivity index (χ4n) is 3.10. The molecule has 1 N–H and O–H groups in total. The first-order valence-corrected chi connectivity index (χ1v) is 7.45. The lowest BCUT2D eigenvalue weighted by Gasteiger charge is -2.27. The first-order valence-electron chi connectivity index (χ1n) is 7.45. The number of hydrogen-bond donors (Lipinski definition) is 1. The summed E-state index contributed by atoms with van der Waals surface area (Å²) in [4.78, 5) is 23.5. The monoisotopic (exact) mass is 279 g/mol. The topological polar surface area (TPSA) is 56.0 Å². The van der Waals surface area contributed by atoms with Gasteiger partial charge in [-0.25, -0.2) is 4.79 Å². The summed E-state index contributed by atoms with van der Waals surface area (Å²) in [6.45, 7) is 3.86. The molecule has 0 spiro atoms. The molecule has 20 heavy (non-hydrogen) atoms. The van der Waals surface area contributed by atoms with Crippen molar-refractivity contribution in [2.75, 3.05) is 6.54 Å². The van der Waals surface area contributed by atoms with Crippen LogP contribution in [0.5, 0.6) is 0 Å². The van der Waals surface area contributed by atoms with Crippen LogP contribution in [0.4, 0.5) is 0 Å². The lowest BCUT2D eigenvalue weighted by molar-refractivity contribution is 0.273. The van der Waals surface area contributed by atoms with Crippen LogP contribution in [-0.2, 0) is 20.6 Å². The Bertz CT molecular complexity index is 573. The molecule has 1 saturated carbocycles. The number of aromatic nitrogens is 2. The maximum absolute atomic E-state index is 11.8. The summed E-state index contributed by atoms with van der Waals surface area (Å²) < 4.78 is 2.67. The summed E-state index contributed by atoms with van der Waals surface area (Å²) >= 11 is 0. The summed E-state index contributed by atoms with van der Waals surface area (Å²) in [6.07, 6.45) is 5.23. The van der Waals surface area contributed by atoms with Crippen molar-refractivity contribution in [3.05, 3.63) is 32.6 Å². The highest BCUT2D eigenvalue weighted by atomic mass is 16.2. The molecule has 1 aromatic heterocycles. The predicted octanol–water partition coefficient (Wildman–Crippen LogP) is 1.000. The molecule has 0 saturated heterocycles. The molecule has 1 fully saturated rings. The van der Waals surface area contributed by atoms with E-state index >= 15 is 0 Å². The van der Waals surface area contributed by atoms with Crippen LogP contribution in [0.3, 0.4) is 0 Å². The normalized spacial score (nSPS) is 22.9. The molecule has 2 rings (SSSR count). The van der Waals surface area contributed by atoms with Gasteiger partial charge >= 0.3 is 5.69 Å². The number of hydrogen-bond acceptors (Lipinski definition) is 3. The maximum Gasteiger partial charge on any atom is 0.330 e. The van der Waals surface area contributed by atoms with Gasteiger partial charge in [0.15, 0.2) is 0 Å². The molecule has 1 heterocycles. The Morgan fingerprint density at radius 2 is 2.00 bits per heavy atom. The Balaban J connectivity index is 1.95. The summed E-state index contributed by atoms with van der Waals surface area (Å²) in [6, 6.07) is 1.54. The van der Waals surface area contributed by atoms with Crippen molar-refractivity contribution in [2.24, 2.45) is 25.9 Å². The molecule has 2 unspecified atom stereocenters. The van der Waals surface area contributed by atoms with Crippen molar-refractivity contribution < 1.29 is 0 Å². The molecule has 0 bridgehead atoms. The third-order valence-electron chi connectivity index (χ3n) is 4.41. The highest BCUT2D eigenvalue weighted by molar-refractivity contribution is 5.01. The van der Waals surface area contributed by atoms with Crippen molar-refractivity contribution in [2.45, 2.75) is 39.2 Å². The highest BCUT2D eigenvalue weighted by Crippen LogP contribution is 2.27. The molecule has 1 aliphatic carbocycles. The second-order valence-corrected chi connectivity index (χ2v) is 6.14. The van der Waals surface area contributed by atoms with Gasteiger partial charge in [0.2, 0.25) is 0 Å². The second kappa shape index (κ2) is 6.39. The van der Waals surface area contributed by atoms with E-state index in [0.29, 0.717) is 6.54 Å². The van der Waals surface area contributed by atoms with Crippen LogP contribution in [0.2, 0.25) is 0 Å². The van der Waals surface area contributed by atoms with Crippen molar-refractivity contribution >= 4 is 0 Å². The van der Waals surface area contributed by atoms with E-state index < -0.39 is 0 Å². The summed E-state index contributed by atoms with van der Waals surface area (Å²) in [7, 11) is 3.22. The highest BCUT2D eigenvalue weighted by Gasteiger charge is 2.18. The van der Waals surface area contributed by atoms with Gasteiger partial charge in [0, 0.05) is 32.4 Å². The van der Waals surface area contributed by atoms with Gasteiger partial charge in [0.1, 0.15) is 0 Å². The van der Waals surface area contributed by atoms with E-state index in [9.17, 15) is 9.59 Å². The van der Waals surface area contributed by atoms with E-state index in [4.69, 9.17) is 0 Å². The van der Waals surface area contributed by atoms with E-state index in [-0.39, 0.29) is 11.2 Å². The first-order chi connectivity index (χ1) is 9.49. The molecule has 5 nitrogen and oxygen atoms in total. The zero-order valence-electron chi connectivity index (χ0n) is 12.7. The van der Waals surface area contributed by atoms with E-state index in [1.807, 2.05) is 0 Å². The van der Waals surface area contributed by atoms with Gasteiger partial charge in [-0.2, -0.15) is 0 Å². The average Bonchev–Trinajstić information content (AvgIpc) is 2.42. The summed E-state index contributed by atoms with van der Waals surface area (Å²) in [5, 5.41) is 3.40. The van der Waals surface area contributed by atoms with Gasteiger partial charge in [-0.15, -0.1) is 0 Å². The zero-order chi connectivity index (χ0) is 14.7. The third kappa shape index (κ3) is 3.39. The number of nitrogens with zero attached hydrogens (tertiary/aromatic N) is 2. The van der Waals surface area contributed by atoms with Crippen molar-refractivity contribution in [3.8, 4) is 0 Å². The van der Waals surface area contributed by atoms with Crippen molar-refractivity contribution in [1.29, 1.82) is 0 Å². The quantitative estimate of drug-likeness (QED) is 0.894. The number of rotatable bonds is 4. The van der Waals surface area contributed by atoms with Gasteiger partial charge in [-0.3, -0.25) is 13.9 Å². The van der Waals surface area contributed by atoms with E-state index in [0.717, 1.165) is 28.6 Å². The van der Waals surface area contributed by atoms with Crippen LogP contribution in [0.15, 0.2) is 15.7 Å². The molecular weight excluding hydrogens is 254 g/mol. The van der Waals surface area contributed by atoms with Crippen LogP contribution >= 0.6 is 0 Å². The molecular formula is C15H25N3O2. The Hall–Kier alpha value is -1.36. The zero-order valence-corrected chi connectivity index (χ0v) is 12.7. The van der Waals surface area contributed by atoms with Gasteiger partial charge in [-0.05, 0) is 31.2 Å². The van der Waals surface area contributed by atoms with Crippen LogP contribution in [0.1, 0.15) is 38.3 Å². The van der Waals surface area contributed by atoms with Crippen LogP contribution in [-0.4, -0.2) is 15.7 Å². The van der Waals surface area contributed by atoms with Crippen molar-refractivity contribution in [1.82, 2.24) is 14.5 Å². The molecule has 0 aromatic carbocycles. The molecule has 1 aliphatic rings. The molecule has 0 radical (unpaired) electrons. The van der Waals surface area contributed by atoms with Gasteiger partial charge < -0.3 is 5.32 Å². The second-order valence-electron chi connectivity index (χ2n) is 6.14. The third-order valence-corrected chi connectivity index (χ3v) is 4.41. The summed E-state index contributed by atoms with van der Waals surface area (Å²) in [5.41, 5.74) is 0.249. The first kappa shape index (κ1) is 15.0. The van der Waals surface area contributed by atoms with Crippen LogP contribution in [0.25, 0.3) is 0 Å². The smallest absolute Gasteiger partial charge is 0.311 e. The van der Waals surface area contributed by atoms with Crippen LogP contribution < -0.4 is 16.6 Å². The molecule has 112 valence electrons. The Morgan fingerprint density at radius 3 is 2.70 bits per heavy atom. The molecule has 5 heteroatoms. The van der Waals surface area contributed by atoms with Gasteiger partial charge in [-0.1, -0.05) is 19.8 Å². The fourth-order valence-corrected chi connectivity index (χ4v) is 3.10. The Morgan fingerprint density at radius 1 is 1.25 bits per heavy atom. The largest absolute Gasteiger partial charge is 0.330 e. The minimum Gasteiger partial charge on any atom is -0.311 e. The van der Waals surface area contributed by atoms with Crippen LogP contribution in [0, 0.1) is 11.8 Å². The summed E-state index contributed by atoms with van der Waals surface area (Å²) in [5.74, 6) is 1.55. The molecule has 1 aromatic rings. The maximum atomic E-state index is 11.8. The molecule has 0 amide bonds. The SMILES string of the molecule is CC1CCCC(CNCc2cc(=O)n(C)c(=O)n2C)C1. The van der Waals surface area contributed by atoms with E-state index in [1.165, 1.54) is 43.4 Å². The molecule has 0 aliphatic heterocycles. The molecule has 2 atom stereocenters. The lowest BCUT2D eigenvalue weighted by atomic mass is 9.82. The standard InChI is InChI=1S/C15H25N3O2/c1-11-5-4-6-12(7-11)9-16-10-13-8-14(19)18(3)15(20)17(13)2/h8,11-12,16H,4-7,9-10H2,1-3H3. The minimum absolute atomic E-state index is 0.240. The van der Waals surface area contributed by atoms with E-state index in [2.05, 4.69) is 12.2 Å². The fraction of sp³-hybridized carbons (Fsp3) is 0.733. The lowest BCUT2D eigenvalue weighted by Crippen LogP contribution is -2.39. The number of nitrogens with one attached hydrogen (secondary N) is 1. The van der Waals surface area contributed by atoms with Crippen molar-refractivity contribution in [3.63, 3.8) is 0 Å². The Labute approximate surface area is 119 Å². The van der Waals surface area contributed by atoms with E-state index in [1.54, 1.807) is 7.05 Å². The average molecular weight is 279 g/mol. The predicted molar refractivity (Wildman–Crippen MR) is 79.8 cm³/mol.